The predicted molar refractivity (Wildman–Crippen MR) is 76.6 cm³/mol. The molecule has 80 valence electrons. The number of hydrogen-bond donors (Lipinski definition) is 0. The van der Waals surface area contributed by atoms with Crippen LogP contribution in [0.4, 0.5) is 0 Å². The molecule has 0 spiro atoms. The van der Waals surface area contributed by atoms with E-state index in [2.05, 4.69) is 42.3 Å². The summed E-state index contributed by atoms with van der Waals surface area (Å²) in [4.78, 5) is 1.32. The standard InChI is InChI=1S/C12H14S3/c1-2-9-14-15-11-6-10-13-12-7-4-3-5-8-12/h2-8,11H,1,9-10H2/b11-6-. The van der Waals surface area contributed by atoms with E-state index < -0.39 is 0 Å². The zero-order valence-electron chi connectivity index (χ0n) is 8.46. The molecule has 1 aromatic rings. The fourth-order valence-electron chi connectivity index (χ4n) is 0.866. The molecule has 0 nitrogen and oxygen atoms in total. The number of thioether (sulfide) groups is 1. The number of hydrogen-bond acceptors (Lipinski definition) is 3. The van der Waals surface area contributed by atoms with E-state index in [1.54, 1.807) is 21.6 Å². The Morgan fingerprint density at radius 2 is 1.93 bits per heavy atom. The topological polar surface area (TPSA) is 0 Å². The highest BCUT2D eigenvalue weighted by Crippen LogP contribution is 2.23. The fourth-order valence-corrected chi connectivity index (χ4v) is 3.15. The molecule has 0 fully saturated rings. The van der Waals surface area contributed by atoms with Crippen LogP contribution in [0, 0.1) is 0 Å². The van der Waals surface area contributed by atoms with Gasteiger partial charge in [0.25, 0.3) is 0 Å². The molecule has 0 aliphatic carbocycles. The Morgan fingerprint density at radius 3 is 2.67 bits per heavy atom. The molecule has 0 aliphatic rings. The maximum atomic E-state index is 3.67. The van der Waals surface area contributed by atoms with Crippen LogP contribution >= 0.6 is 33.3 Å². The molecule has 0 bridgehead atoms. The SMILES string of the molecule is C=CCSS/C=C\CSc1ccccc1. The lowest BCUT2D eigenvalue weighted by molar-refractivity contribution is 1.46. The van der Waals surface area contributed by atoms with Crippen molar-refractivity contribution in [2.24, 2.45) is 0 Å². The van der Waals surface area contributed by atoms with E-state index in [9.17, 15) is 0 Å². The lowest BCUT2D eigenvalue weighted by Gasteiger charge is -1.96. The lowest BCUT2D eigenvalue weighted by atomic mass is 10.4. The van der Waals surface area contributed by atoms with Crippen LogP contribution in [0.25, 0.3) is 0 Å². The van der Waals surface area contributed by atoms with Crippen LogP contribution in [0.2, 0.25) is 0 Å². The van der Waals surface area contributed by atoms with Crippen molar-refractivity contribution >= 4 is 33.3 Å². The Balaban J connectivity index is 2.08. The second kappa shape index (κ2) is 9.01. The maximum Gasteiger partial charge on any atom is 0.0218 e. The van der Waals surface area contributed by atoms with Crippen LogP contribution in [-0.4, -0.2) is 11.5 Å². The minimum atomic E-state index is 1.00. The molecule has 0 saturated heterocycles. The summed E-state index contributed by atoms with van der Waals surface area (Å²) in [6, 6.07) is 10.5. The Kier molecular flexibility index (Phi) is 7.70. The van der Waals surface area contributed by atoms with E-state index in [1.807, 2.05) is 23.9 Å². The van der Waals surface area contributed by atoms with E-state index in [4.69, 9.17) is 0 Å². The Bertz CT molecular complexity index is 293. The van der Waals surface area contributed by atoms with Gasteiger partial charge in [0.05, 0.1) is 0 Å². The average molecular weight is 254 g/mol. The summed E-state index contributed by atoms with van der Waals surface area (Å²) in [5.74, 6) is 2.03. The van der Waals surface area contributed by atoms with Crippen molar-refractivity contribution in [3.8, 4) is 0 Å². The van der Waals surface area contributed by atoms with Gasteiger partial charge < -0.3 is 0 Å². The van der Waals surface area contributed by atoms with Gasteiger partial charge in [0, 0.05) is 16.4 Å². The molecule has 15 heavy (non-hydrogen) atoms. The fraction of sp³-hybridized carbons (Fsp3) is 0.167. The predicted octanol–water partition coefficient (Wildman–Crippen LogP) is 4.86. The molecular formula is C12H14S3. The minimum absolute atomic E-state index is 1.00. The van der Waals surface area contributed by atoms with Crippen molar-refractivity contribution in [3.05, 3.63) is 54.5 Å². The van der Waals surface area contributed by atoms with Crippen molar-refractivity contribution in [1.82, 2.24) is 0 Å². The molecule has 0 heterocycles. The zero-order chi connectivity index (χ0) is 10.8. The third-order valence-electron chi connectivity index (χ3n) is 1.50. The summed E-state index contributed by atoms with van der Waals surface area (Å²) in [6.45, 7) is 3.67. The van der Waals surface area contributed by atoms with Crippen molar-refractivity contribution in [2.75, 3.05) is 11.5 Å². The van der Waals surface area contributed by atoms with E-state index >= 15 is 0 Å². The Labute approximate surface area is 104 Å². The van der Waals surface area contributed by atoms with Crippen molar-refractivity contribution < 1.29 is 0 Å². The van der Waals surface area contributed by atoms with E-state index in [0.717, 1.165) is 11.5 Å². The van der Waals surface area contributed by atoms with Gasteiger partial charge in [0.2, 0.25) is 0 Å². The van der Waals surface area contributed by atoms with Crippen LogP contribution in [0.15, 0.2) is 59.4 Å². The second-order valence-electron chi connectivity index (χ2n) is 2.67. The summed E-state index contributed by atoms with van der Waals surface area (Å²) in [6.07, 6.45) is 4.11. The van der Waals surface area contributed by atoms with Crippen LogP contribution in [0.5, 0.6) is 0 Å². The molecule has 0 atom stereocenters. The van der Waals surface area contributed by atoms with Gasteiger partial charge in [-0.15, -0.1) is 18.3 Å². The van der Waals surface area contributed by atoms with E-state index in [0.29, 0.717) is 0 Å². The normalized spacial score (nSPS) is 10.7. The highest BCUT2D eigenvalue weighted by atomic mass is 33.1. The van der Waals surface area contributed by atoms with Gasteiger partial charge in [0.15, 0.2) is 0 Å². The molecular weight excluding hydrogens is 240 g/mol. The zero-order valence-corrected chi connectivity index (χ0v) is 10.9. The first-order valence-electron chi connectivity index (χ1n) is 4.65. The smallest absolute Gasteiger partial charge is 0.0218 e. The van der Waals surface area contributed by atoms with Gasteiger partial charge in [-0.05, 0) is 17.5 Å². The number of benzene rings is 1. The first-order valence-corrected chi connectivity index (χ1v) is 8.02. The molecule has 0 N–H and O–H groups in total. The molecule has 0 radical (unpaired) electrons. The second-order valence-corrected chi connectivity index (χ2v) is 6.08. The molecule has 0 amide bonds. The third-order valence-corrected chi connectivity index (χ3v) is 4.42. The van der Waals surface area contributed by atoms with Gasteiger partial charge in [0.1, 0.15) is 0 Å². The maximum absolute atomic E-state index is 3.67. The van der Waals surface area contributed by atoms with Crippen molar-refractivity contribution in [3.63, 3.8) is 0 Å². The molecule has 0 aromatic heterocycles. The summed E-state index contributed by atoms with van der Waals surface area (Å²) in [7, 11) is 3.57. The van der Waals surface area contributed by atoms with Gasteiger partial charge >= 0.3 is 0 Å². The van der Waals surface area contributed by atoms with Crippen molar-refractivity contribution in [1.29, 1.82) is 0 Å². The van der Waals surface area contributed by atoms with Crippen molar-refractivity contribution in [2.45, 2.75) is 4.90 Å². The van der Waals surface area contributed by atoms with Crippen LogP contribution in [0.1, 0.15) is 0 Å². The first-order chi connectivity index (χ1) is 7.43. The van der Waals surface area contributed by atoms with Gasteiger partial charge in [-0.1, -0.05) is 51.9 Å². The number of rotatable bonds is 7. The van der Waals surface area contributed by atoms with Crippen LogP contribution in [-0.2, 0) is 0 Å². The molecule has 1 aromatic carbocycles. The van der Waals surface area contributed by atoms with Crippen LogP contribution in [0.3, 0.4) is 0 Å². The van der Waals surface area contributed by atoms with Gasteiger partial charge in [-0.25, -0.2) is 0 Å². The average Bonchev–Trinajstić information content (AvgIpc) is 2.29. The molecule has 0 saturated carbocycles. The minimum Gasteiger partial charge on any atom is -0.122 e. The largest absolute Gasteiger partial charge is 0.122 e. The van der Waals surface area contributed by atoms with Crippen LogP contribution < -0.4 is 0 Å². The third kappa shape index (κ3) is 6.77. The van der Waals surface area contributed by atoms with E-state index in [-0.39, 0.29) is 0 Å². The molecule has 3 heteroatoms. The summed E-state index contributed by atoms with van der Waals surface area (Å²) >= 11 is 1.85. The van der Waals surface area contributed by atoms with Gasteiger partial charge in [-0.2, -0.15) is 0 Å². The Morgan fingerprint density at radius 1 is 1.13 bits per heavy atom. The van der Waals surface area contributed by atoms with Gasteiger partial charge in [-0.3, -0.25) is 0 Å². The summed E-state index contributed by atoms with van der Waals surface area (Å²) in [5.41, 5.74) is 0. The lowest BCUT2D eigenvalue weighted by Crippen LogP contribution is -1.71. The first kappa shape index (κ1) is 12.8. The Hall–Kier alpha value is -0.250. The highest BCUT2D eigenvalue weighted by molar-refractivity contribution is 8.77. The monoisotopic (exact) mass is 254 g/mol. The van der Waals surface area contributed by atoms with E-state index in [1.165, 1.54) is 4.90 Å². The molecule has 1 rings (SSSR count). The summed E-state index contributed by atoms with van der Waals surface area (Å²) in [5, 5.41) is 2.14. The highest BCUT2D eigenvalue weighted by Gasteiger charge is 1.88. The molecule has 0 aliphatic heterocycles. The quantitative estimate of drug-likeness (QED) is 0.295. The molecule has 0 unspecified atom stereocenters. The summed E-state index contributed by atoms with van der Waals surface area (Å²) < 4.78 is 0.